The minimum absolute atomic E-state index is 0.113. The van der Waals surface area contributed by atoms with Gasteiger partial charge in [-0.05, 0) is 37.3 Å². The van der Waals surface area contributed by atoms with Crippen molar-refractivity contribution in [3.8, 4) is 5.69 Å². The Morgan fingerprint density at radius 2 is 2.25 bits per heavy atom. The Morgan fingerprint density at radius 3 is 2.95 bits per heavy atom. The fourth-order valence-electron chi connectivity index (χ4n) is 2.07. The molecule has 0 aliphatic heterocycles. The van der Waals surface area contributed by atoms with Crippen LogP contribution in [0.2, 0.25) is 5.02 Å². The van der Waals surface area contributed by atoms with E-state index in [9.17, 15) is 0 Å². The largest absolute Gasteiger partial charge is 0.472 e. The number of nitrogens with zero attached hydrogens (tertiary/aromatic N) is 2. The Labute approximate surface area is 122 Å². The highest BCUT2D eigenvalue weighted by Gasteiger charge is 2.11. The van der Waals surface area contributed by atoms with Crippen molar-refractivity contribution in [3.05, 3.63) is 65.8 Å². The molecule has 102 valence electrons. The van der Waals surface area contributed by atoms with Crippen LogP contribution in [0.5, 0.6) is 0 Å². The molecular formula is C15H14ClN3O. The van der Waals surface area contributed by atoms with Crippen molar-refractivity contribution < 1.29 is 4.42 Å². The highest BCUT2D eigenvalue weighted by molar-refractivity contribution is 6.31. The van der Waals surface area contributed by atoms with Gasteiger partial charge < -0.3 is 9.73 Å². The second-order valence-electron chi connectivity index (χ2n) is 4.53. The van der Waals surface area contributed by atoms with Gasteiger partial charge in [0.1, 0.15) is 0 Å². The van der Waals surface area contributed by atoms with Gasteiger partial charge in [-0.3, -0.25) is 0 Å². The number of rotatable bonds is 4. The maximum absolute atomic E-state index is 6.10. The molecule has 0 bridgehead atoms. The number of furan rings is 1. The maximum Gasteiger partial charge on any atom is 0.0955 e. The standard InChI is InChI=1S/C15H14ClN3O/c1-11(12-5-8-20-10-12)18-14-9-13(16)3-4-15(14)19-7-2-6-17-19/h2-11,18H,1H3. The zero-order valence-corrected chi connectivity index (χ0v) is 11.7. The minimum Gasteiger partial charge on any atom is -0.472 e. The van der Waals surface area contributed by atoms with E-state index in [-0.39, 0.29) is 6.04 Å². The first-order valence-corrected chi connectivity index (χ1v) is 6.70. The SMILES string of the molecule is CC(Nc1cc(Cl)ccc1-n1cccn1)c1ccoc1. The topological polar surface area (TPSA) is 43.0 Å². The average molecular weight is 288 g/mol. The zero-order chi connectivity index (χ0) is 13.9. The summed E-state index contributed by atoms with van der Waals surface area (Å²) in [7, 11) is 0. The fourth-order valence-corrected chi connectivity index (χ4v) is 2.25. The van der Waals surface area contributed by atoms with Crippen molar-refractivity contribution in [1.82, 2.24) is 9.78 Å². The summed E-state index contributed by atoms with van der Waals surface area (Å²) < 4.78 is 6.92. The molecule has 0 aliphatic rings. The van der Waals surface area contributed by atoms with Crippen LogP contribution in [0.3, 0.4) is 0 Å². The summed E-state index contributed by atoms with van der Waals surface area (Å²) >= 11 is 6.10. The first-order valence-electron chi connectivity index (χ1n) is 6.32. The van der Waals surface area contributed by atoms with Crippen LogP contribution < -0.4 is 5.32 Å². The Hall–Kier alpha value is -2.20. The zero-order valence-electron chi connectivity index (χ0n) is 11.0. The Morgan fingerprint density at radius 1 is 1.35 bits per heavy atom. The lowest BCUT2D eigenvalue weighted by Crippen LogP contribution is -2.09. The van der Waals surface area contributed by atoms with Gasteiger partial charge in [0.2, 0.25) is 0 Å². The maximum atomic E-state index is 6.10. The Kier molecular flexibility index (Phi) is 3.48. The number of nitrogens with one attached hydrogen (secondary N) is 1. The molecule has 5 heteroatoms. The van der Waals surface area contributed by atoms with Crippen LogP contribution in [0.25, 0.3) is 5.69 Å². The third-order valence-electron chi connectivity index (χ3n) is 3.13. The molecule has 20 heavy (non-hydrogen) atoms. The predicted molar refractivity (Wildman–Crippen MR) is 79.3 cm³/mol. The van der Waals surface area contributed by atoms with Crippen molar-refractivity contribution >= 4 is 17.3 Å². The Bertz CT molecular complexity index is 677. The molecule has 2 heterocycles. The molecule has 3 aromatic rings. The van der Waals surface area contributed by atoms with Crippen molar-refractivity contribution in [3.63, 3.8) is 0 Å². The van der Waals surface area contributed by atoms with E-state index < -0.39 is 0 Å². The van der Waals surface area contributed by atoms with Gasteiger partial charge in [0.05, 0.1) is 29.9 Å². The monoisotopic (exact) mass is 287 g/mol. The van der Waals surface area contributed by atoms with E-state index in [0.717, 1.165) is 16.9 Å². The molecule has 0 radical (unpaired) electrons. The first kappa shape index (κ1) is 12.8. The van der Waals surface area contributed by atoms with Crippen molar-refractivity contribution in [2.75, 3.05) is 5.32 Å². The number of aromatic nitrogens is 2. The lowest BCUT2D eigenvalue weighted by Gasteiger charge is -2.17. The minimum atomic E-state index is 0.113. The fraction of sp³-hybridized carbons (Fsp3) is 0.133. The molecule has 1 unspecified atom stereocenters. The molecule has 2 aromatic heterocycles. The first-order chi connectivity index (χ1) is 9.74. The van der Waals surface area contributed by atoms with E-state index in [0.29, 0.717) is 5.02 Å². The molecule has 0 amide bonds. The summed E-state index contributed by atoms with van der Waals surface area (Å²) in [5.74, 6) is 0. The number of anilines is 1. The summed E-state index contributed by atoms with van der Waals surface area (Å²) in [4.78, 5) is 0. The molecular weight excluding hydrogens is 274 g/mol. The Balaban J connectivity index is 1.94. The average Bonchev–Trinajstić information content (AvgIpc) is 3.12. The quantitative estimate of drug-likeness (QED) is 0.778. The molecule has 4 nitrogen and oxygen atoms in total. The van der Waals surface area contributed by atoms with Crippen LogP contribution in [-0.4, -0.2) is 9.78 Å². The van der Waals surface area contributed by atoms with E-state index in [4.69, 9.17) is 16.0 Å². The van der Waals surface area contributed by atoms with Crippen LogP contribution in [-0.2, 0) is 0 Å². The van der Waals surface area contributed by atoms with Crippen LogP contribution in [0.15, 0.2) is 59.7 Å². The highest BCUT2D eigenvalue weighted by atomic mass is 35.5. The molecule has 0 saturated carbocycles. The van der Waals surface area contributed by atoms with E-state index in [1.54, 1.807) is 23.4 Å². The van der Waals surface area contributed by atoms with E-state index >= 15 is 0 Å². The molecule has 0 saturated heterocycles. The van der Waals surface area contributed by atoms with Crippen molar-refractivity contribution in [2.24, 2.45) is 0 Å². The molecule has 0 spiro atoms. The van der Waals surface area contributed by atoms with Crippen LogP contribution in [0.1, 0.15) is 18.5 Å². The lowest BCUT2D eigenvalue weighted by molar-refractivity contribution is 0.562. The predicted octanol–water partition coefficient (Wildman–Crippen LogP) is 4.29. The van der Waals surface area contributed by atoms with Gasteiger partial charge in [-0.1, -0.05) is 11.6 Å². The van der Waals surface area contributed by atoms with Crippen LogP contribution in [0, 0.1) is 0 Å². The number of halogens is 1. The number of benzene rings is 1. The van der Waals surface area contributed by atoms with Gasteiger partial charge in [-0.15, -0.1) is 0 Å². The van der Waals surface area contributed by atoms with Gasteiger partial charge in [-0.25, -0.2) is 4.68 Å². The second-order valence-corrected chi connectivity index (χ2v) is 4.97. The summed E-state index contributed by atoms with van der Waals surface area (Å²) in [6, 6.07) is 9.64. The van der Waals surface area contributed by atoms with Gasteiger partial charge in [0.25, 0.3) is 0 Å². The highest BCUT2D eigenvalue weighted by Crippen LogP contribution is 2.28. The van der Waals surface area contributed by atoms with Gasteiger partial charge in [0, 0.05) is 23.0 Å². The van der Waals surface area contributed by atoms with Gasteiger partial charge in [0.15, 0.2) is 0 Å². The normalized spacial score (nSPS) is 12.3. The van der Waals surface area contributed by atoms with Gasteiger partial charge >= 0.3 is 0 Å². The summed E-state index contributed by atoms with van der Waals surface area (Å²) in [6.45, 7) is 2.07. The third kappa shape index (κ3) is 2.56. The van der Waals surface area contributed by atoms with Gasteiger partial charge in [-0.2, -0.15) is 5.10 Å². The molecule has 1 atom stereocenters. The molecule has 0 aliphatic carbocycles. The second kappa shape index (κ2) is 5.43. The number of hydrogen-bond donors (Lipinski definition) is 1. The molecule has 3 rings (SSSR count). The molecule has 1 aromatic carbocycles. The lowest BCUT2D eigenvalue weighted by atomic mass is 10.1. The summed E-state index contributed by atoms with van der Waals surface area (Å²) in [6.07, 6.45) is 7.05. The summed E-state index contributed by atoms with van der Waals surface area (Å²) in [5.41, 5.74) is 2.96. The third-order valence-corrected chi connectivity index (χ3v) is 3.36. The van der Waals surface area contributed by atoms with Crippen molar-refractivity contribution in [2.45, 2.75) is 13.0 Å². The van der Waals surface area contributed by atoms with E-state index in [2.05, 4.69) is 17.3 Å². The summed E-state index contributed by atoms with van der Waals surface area (Å²) in [5, 5.41) is 8.38. The smallest absolute Gasteiger partial charge is 0.0955 e. The molecule has 1 N–H and O–H groups in total. The molecule has 0 fully saturated rings. The van der Waals surface area contributed by atoms with Crippen LogP contribution >= 0.6 is 11.6 Å². The van der Waals surface area contributed by atoms with E-state index in [1.807, 2.05) is 36.5 Å². The number of hydrogen-bond acceptors (Lipinski definition) is 3. The van der Waals surface area contributed by atoms with Crippen molar-refractivity contribution in [1.29, 1.82) is 0 Å². The van der Waals surface area contributed by atoms with E-state index in [1.165, 1.54) is 0 Å². The van der Waals surface area contributed by atoms with Crippen LogP contribution in [0.4, 0.5) is 5.69 Å².